The molecule has 1 aliphatic carbocycles. The van der Waals surface area contributed by atoms with E-state index in [2.05, 4.69) is 5.32 Å². The van der Waals surface area contributed by atoms with Crippen molar-refractivity contribution in [3.8, 4) is 0 Å². The van der Waals surface area contributed by atoms with E-state index < -0.39 is 46.9 Å². The summed E-state index contributed by atoms with van der Waals surface area (Å²) in [5.41, 5.74) is 4.22. The number of nitrogens with zero attached hydrogens (tertiary/aromatic N) is 1. The van der Waals surface area contributed by atoms with Crippen molar-refractivity contribution in [3.05, 3.63) is 70.5 Å². The Labute approximate surface area is 222 Å². The zero-order valence-electron chi connectivity index (χ0n) is 21.4. The molecule has 7 nitrogen and oxygen atoms in total. The van der Waals surface area contributed by atoms with E-state index in [0.717, 1.165) is 18.6 Å². The van der Waals surface area contributed by atoms with Crippen LogP contribution in [0.15, 0.2) is 42.5 Å². The summed E-state index contributed by atoms with van der Waals surface area (Å²) in [5.74, 6) is -2.66. The van der Waals surface area contributed by atoms with Crippen LogP contribution in [0.2, 0.25) is 0 Å². The average molecular weight is 548 g/mol. The molecule has 2 saturated heterocycles. The molecule has 11 heteroatoms. The molecule has 208 valence electrons. The number of alkyl halides is 3. The molecule has 5 rings (SSSR count). The summed E-state index contributed by atoms with van der Waals surface area (Å²) in [6, 6.07) is 6.98. The van der Waals surface area contributed by atoms with Gasteiger partial charge in [-0.1, -0.05) is 18.2 Å². The number of benzene rings is 2. The van der Waals surface area contributed by atoms with E-state index >= 15 is 0 Å². The Morgan fingerprint density at radius 1 is 1.05 bits per heavy atom. The normalized spacial score (nSPS) is 23.5. The van der Waals surface area contributed by atoms with Gasteiger partial charge in [-0.2, -0.15) is 13.2 Å². The highest BCUT2D eigenvalue weighted by Gasteiger charge is 2.56. The Morgan fingerprint density at radius 3 is 2.36 bits per heavy atom. The molecule has 0 spiro atoms. The molecule has 4 atom stereocenters. The zero-order chi connectivity index (χ0) is 28.3. The molecule has 2 aromatic rings. The van der Waals surface area contributed by atoms with Gasteiger partial charge in [0.2, 0.25) is 11.8 Å². The molecule has 2 heterocycles. The summed E-state index contributed by atoms with van der Waals surface area (Å²) < 4.78 is 59.3. The molecule has 2 aromatic carbocycles. The highest BCUT2D eigenvalue weighted by Crippen LogP contribution is 2.49. The van der Waals surface area contributed by atoms with Gasteiger partial charge in [0.15, 0.2) is 0 Å². The number of hydrogen-bond acceptors (Lipinski definition) is 4. The van der Waals surface area contributed by atoms with Crippen molar-refractivity contribution >= 4 is 17.7 Å². The highest BCUT2D eigenvalue weighted by atomic mass is 19.4. The third-order valence-corrected chi connectivity index (χ3v) is 8.18. The predicted molar refractivity (Wildman–Crippen MR) is 132 cm³/mol. The number of hydrogen-bond donors (Lipinski definition) is 2. The number of amides is 3. The van der Waals surface area contributed by atoms with Gasteiger partial charge >= 0.3 is 6.18 Å². The molecular weight excluding hydrogens is 518 g/mol. The second-order valence-electron chi connectivity index (χ2n) is 11.1. The van der Waals surface area contributed by atoms with Crippen LogP contribution in [0.4, 0.5) is 17.6 Å². The van der Waals surface area contributed by atoms with E-state index in [-0.39, 0.29) is 42.6 Å². The first-order chi connectivity index (χ1) is 18.3. The molecule has 0 radical (unpaired) electrons. The first-order valence-electron chi connectivity index (χ1n) is 12.8. The summed E-state index contributed by atoms with van der Waals surface area (Å²) in [6.45, 7) is 3.75. The molecule has 3 amide bonds. The molecule has 3 N–H and O–H groups in total. The molecule has 1 saturated carbocycles. The standard InChI is InChI=1S/C28H29F4N3O4/c1-27(2,26(33)38)17-5-3-4-14(8-17)25(37)35-21-9-15(21)10-22(35)24(36)34-23(16-12-39-13-16)19-7-6-18(11-20(19)29)28(30,31)32/h3-8,11,15-16,21-23H,9-10,12-13H2,1-2H3,(H2,33,38)(H,34,36)/t15-,21-,22-,23?/m1/s1. The minimum Gasteiger partial charge on any atom is -0.381 e. The SMILES string of the molecule is CC(C)(C(N)=O)c1cccc(C(=O)N2[C@@H](C(=O)NC(c3ccc(C(F)(F)F)cc3F)C3COC3)C[C@H]3C[C@H]32)c1. The molecule has 39 heavy (non-hydrogen) atoms. The summed E-state index contributed by atoms with van der Waals surface area (Å²) in [4.78, 5) is 40.6. The Balaban J connectivity index is 1.39. The summed E-state index contributed by atoms with van der Waals surface area (Å²) in [7, 11) is 0. The minimum atomic E-state index is -4.70. The fraction of sp³-hybridized carbons (Fsp3) is 0.464. The third kappa shape index (κ3) is 4.99. The number of halogens is 4. The molecule has 0 bridgehead atoms. The minimum absolute atomic E-state index is 0.0629. The van der Waals surface area contributed by atoms with Crippen molar-refractivity contribution < 1.29 is 36.7 Å². The smallest absolute Gasteiger partial charge is 0.381 e. The number of rotatable bonds is 7. The van der Waals surface area contributed by atoms with Crippen LogP contribution in [0.25, 0.3) is 0 Å². The van der Waals surface area contributed by atoms with E-state index in [0.29, 0.717) is 23.6 Å². The number of carbonyl (C=O) groups excluding carboxylic acids is 3. The number of likely N-dealkylation sites (tertiary alicyclic amines) is 1. The van der Waals surface area contributed by atoms with Crippen LogP contribution in [0.1, 0.15) is 59.8 Å². The van der Waals surface area contributed by atoms with Crippen LogP contribution in [0, 0.1) is 17.7 Å². The van der Waals surface area contributed by atoms with E-state index in [1.165, 1.54) is 4.90 Å². The highest BCUT2D eigenvalue weighted by molar-refractivity contribution is 5.99. The summed E-state index contributed by atoms with van der Waals surface area (Å²) in [5, 5.41) is 2.81. The van der Waals surface area contributed by atoms with Crippen LogP contribution in [-0.2, 0) is 25.9 Å². The number of primary amides is 1. The van der Waals surface area contributed by atoms with Crippen molar-refractivity contribution in [2.75, 3.05) is 13.2 Å². The van der Waals surface area contributed by atoms with Gasteiger partial charge in [0.1, 0.15) is 11.9 Å². The first-order valence-corrected chi connectivity index (χ1v) is 12.8. The van der Waals surface area contributed by atoms with Gasteiger partial charge < -0.3 is 20.7 Å². The summed E-state index contributed by atoms with van der Waals surface area (Å²) >= 11 is 0. The second kappa shape index (κ2) is 9.62. The predicted octanol–water partition coefficient (Wildman–Crippen LogP) is 3.71. The molecule has 2 aliphatic heterocycles. The van der Waals surface area contributed by atoms with Crippen molar-refractivity contribution in [2.24, 2.45) is 17.6 Å². The summed E-state index contributed by atoms with van der Waals surface area (Å²) in [6.07, 6.45) is -3.51. The second-order valence-corrected chi connectivity index (χ2v) is 11.1. The quantitative estimate of drug-likeness (QED) is 0.516. The van der Waals surface area contributed by atoms with Crippen molar-refractivity contribution in [1.29, 1.82) is 0 Å². The maximum Gasteiger partial charge on any atom is 0.416 e. The molecule has 3 fully saturated rings. The zero-order valence-corrected chi connectivity index (χ0v) is 21.4. The van der Waals surface area contributed by atoms with Crippen molar-refractivity contribution in [1.82, 2.24) is 10.2 Å². The lowest BCUT2D eigenvalue weighted by Crippen LogP contribution is -2.51. The largest absolute Gasteiger partial charge is 0.416 e. The molecule has 0 aromatic heterocycles. The van der Waals surface area contributed by atoms with Crippen LogP contribution < -0.4 is 11.1 Å². The van der Waals surface area contributed by atoms with Gasteiger partial charge in [-0.3, -0.25) is 14.4 Å². The maximum atomic E-state index is 14.9. The van der Waals surface area contributed by atoms with Gasteiger partial charge in [-0.15, -0.1) is 0 Å². The topological polar surface area (TPSA) is 102 Å². The number of ether oxygens (including phenoxy) is 1. The monoisotopic (exact) mass is 547 g/mol. The maximum absolute atomic E-state index is 14.9. The average Bonchev–Trinajstić information content (AvgIpc) is 3.50. The number of fused-ring (bicyclic) bond motifs is 1. The Kier molecular flexibility index (Phi) is 6.69. The lowest BCUT2D eigenvalue weighted by atomic mass is 9.83. The van der Waals surface area contributed by atoms with E-state index in [1.54, 1.807) is 38.1 Å². The Morgan fingerprint density at radius 2 is 1.77 bits per heavy atom. The van der Waals surface area contributed by atoms with Gasteiger partial charge in [-0.05, 0) is 62.4 Å². The van der Waals surface area contributed by atoms with E-state index in [4.69, 9.17) is 10.5 Å². The fourth-order valence-corrected chi connectivity index (χ4v) is 5.42. The van der Waals surface area contributed by atoms with Crippen LogP contribution >= 0.6 is 0 Å². The van der Waals surface area contributed by atoms with Gasteiger partial charge in [0.25, 0.3) is 5.91 Å². The Bertz CT molecular complexity index is 1320. The van der Waals surface area contributed by atoms with E-state index in [1.807, 2.05) is 0 Å². The van der Waals surface area contributed by atoms with Crippen molar-refractivity contribution in [3.63, 3.8) is 0 Å². The van der Waals surface area contributed by atoms with Crippen LogP contribution in [-0.4, -0.2) is 47.9 Å². The molecule has 3 aliphatic rings. The molecule has 1 unspecified atom stereocenters. The lowest BCUT2D eigenvalue weighted by Gasteiger charge is -2.36. The Hall–Kier alpha value is -3.47. The first kappa shape index (κ1) is 27.1. The third-order valence-electron chi connectivity index (χ3n) is 8.18. The number of carbonyl (C=O) groups is 3. The number of nitrogens with two attached hydrogens (primary N) is 1. The number of piperidine rings is 1. The lowest BCUT2D eigenvalue weighted by molar-refractivity contribution is -0.138. The molecular formula is C28H29F4N3O4. The van der Waals surface area contributed by atoms with Crippen molar-refractivity contribution in [2.45, 2.75) is 56.4 Å². The van der Waals surface area contributed by atoms with E-state index in [9.17, 15) is 31.9 Å². The van der Waals surface area contributed by atoms with Gasteiger partial charge in [-0.25, -0.2) is 4.39 Å². The van der Waals surface area contributed by atoms with Crippen LogP contribution in [0.3, 0.4) is 0 Å². The van der Waals surface area contributed by atoms with Crippen LogP contribution in [0.5, 0.6) is 0 Å². The number of nitrogens with one attached hydrogen (secondary N) is 1. The van der Waals surface area contributed by atoms with Gasteiger partial charge in [0, 0.05) is 23.1 Å². The van der Waals surface area contributed by atoms with Gasteiger partial charge in [0.05, 0.1) is 30.2 Å². The fourth-order valence-electron chi connectivity index (χ4n) is 5.42.